The van der Waals surface area contributed by atoms with Gasteiger partial charge in [0.15, 0.2) is 0 Å². The third-order valence-corrected chi connectivity index (χ3v) is 3.19. The van der Waals surface area contributed by atoms with Crippen molar-refractivity contribution in [3.8, 4) is 0 Å². The molecule has 1 atom stereocenters. The monoisotopic (exact) mass is 244 g/mol. The highest BCUT2D eigenvalue weighted by Gasteiger charge is 2.14. The van der Waals surface area contributed by atoms with E-state index < -0.39 is 0 Å². The Morgan fingerprint density at radius 2 is 2.06 bits per heavy atom. The van der Waals surface area contributed by atoms with E-state index in [1.807, 2.05) is 38.4 Å². The van der Waals surface area contributed by atoms with E-state index in [0.29, 0.717) is 6.42 Å². The van der Waals surface area contributed by atoms with Gasteiger partial charge in [-0.05, 0) is 49.2 Å². The van der Waals surface area contributed by atoms with Gasteiger partial charge in [0.1, 0.15) is 5.82 Å². The van der Waals surface area contributed by atoms with Crippen molar-refractivity contribution in [1.29, 1.82) is 0 Å². The van der Waals surface area contributed by atoms with E-state index in [9.17, 15) is 4.39 Å². The first-order chi connectivity index (χ1) is 8.72. The molecule has 1 N–H and O–H groups in total. The molecule has 3 heteroatoms. The number of likely N-dealkylation sites (N-methyl/N-ethyl adjacent to an activating group) is 1. The van der Waals surface area contributed by atoms with Crippen LogP contribution in [0.1, 0.15) is 22.7 Å². The summed E-state index contributed by atoms with van der Waals surface area (Å²) in [5.41, 5.74) is 3.00. The lowest BCUT2D eigenvalue weighted by Gasteiger charge is -2.18. The van der Waals surface area contributed by atoms with Gasteiger partial charge in [0.05, 0.1) is 0 Å². The van der Waals surface area contributed by atoms with Crippen LogP contribution in [0.5, 0.6) is 0 Å². The van der Waals surface area contributed by atoms with Gasteiger partial charge in [0.2, 0.25) is 0 Å². The van der Waals surface area contributed by atoms with Crippen molar-refractivity contribution < 1.29 is 4.39 Å². The molecule has 94 valence electrons. The van der Waals surface area contributed by atoms with Gasteiger partial charge in [0, 0.05) is 18.4 Å². The minimum Gasteiger partial charge on any atom is -0.313 e. The van der Waals surface area contributed by atoms with Gasteiger partial charge in [-0.2, -0.15) is 0 Å². The second kappa shape index (κ2) is 5.74. The lowest BCUT2D eigenvalue weighted by Crippen LogP contribution is -2.20. The summed E-state index contributed by atoms with van der Waals surface area (Å²) < 4.78 is 13.7. The van der Waals surface area contributed by atoms with Gasteiger partial charge in [-0.3, -0.25) is 4.98 Å². The van der Waals surface area contributed by atoms with Crippen LogP contribution in [0.15, 0.2) is 42.7 Å². The number of hydrogen-bond donors (Lipinski definition) is 1. The first-order valence-corrected chi connectivity index (χ1v) is 6.03. The highest BCUT2D eigenvalue weighted by molar-refractivity contribution is 5.28. The van der Waals surface area contributed by atoms with Gasteiger partial charge in [-0.1, -0.05) is 18.2 Å². The summed E-state index contributed by atoms with van der Waals surface area (Å²) in [7, 11) is 1.89. The molecule has 0 aliphatic carbocycles. The van der Waals surface area contributed by atoms with E-state index in [1.54, 1.807) is 12.3 Å². The van der Waals surface area contributed by atoms with Gasteiger partial charge in [-0.25, -0.2) is 4.39 Å². The van der Waals surface area contributed by atoms with Crippen molar-refractivity contribution in [2.24, 2.45) is 0 Å². The van der Waals surface area contributed by atoms with Crippen LogP contribution < -0.4 is 5.32 Å². The number of hydrogen-bond acceptors (Lipinski definition) is 2. The Labute approximate surface area is 107 Å². The number of nitrogens with one attached hydrogen (secondary N) is 1. The van der Waals surface area contributed by atoms with Gasteiger partial charge in [0.25, 0.3) is 0 Å². The van der Waals surface area contributed by atoms with E-state index in [-0.39, 0.29) is 11.9 Å². The Bertz CT molecular complexity index is 525. The van der Waals surface area contributed by atoms with Crippen molar-refractivity contribution in [2.45, 2.75) is 19.4 Å². The molecule has 0 radical (unpaired) electrons. The second-order valence-electron chi connectivity index (χ2n) is 4.37. The van der Waals surface area contributed by atoms with Crippen molar-refractivity contribution in [2.75, 3.05) is 7.05 Å². The number of aromatic nitrogens is 1. The smallest absolute Gasteiger partial charge is 0.126 e. The predicted octanol–water partition coefficient (Wildman–Crippen LogP) is 3.03. The Balaban J connectivity index is 2.26. The highest BCUT2D eigenvalue weighted by atomic mass is 19.1. The molecule has 0 fully saturated rings. The van der Waals surface area contributed by atoms with Gasteiger partial charge >= 0.3 is 0 Å². The van der Waals surface area contributed by atoms with Crippen molar-refractivity contribution in [3.05, 3.63) is 65.2 Å². The zero-order chi connectivity index (χ0) is 13.0. The Kier molecular flexibility index (Phi) is 4.05. The molecular formula is C15H17FN2. The molecule has 18 heavy (non-hydrogen) atoms. The van der Waals surface area contributed by atoms with E-state index in [2.05, 4.69) is 10.3 Å². The Hall–Kier alpha value is -1.74. The van der Waals surface area contributed by atoms with Crippen molar-refractivity contribution in [3.63, 3.8) is 0 Å². The summed E-state index contributed by atoms with van der Waals surface area (Å²) >= 11 is 0. The van der Waals surface area contributed by atoms with Crippen molar-refractivity contribution >= 4 is 0 Å². The maximum absolute atomic E-state index is 13.7. The maximum Gasteiger partial charge on any atom is 0.126 e. The van der Waals surface area contributed by atoms with Crippen LogP contribution in [-0.2, 0) is 6.42 Å². The molecule has 2 rings (SSSR count). The summed E-state index contributed by atoms with van der Waals surface area (Å²) in [6, 6.07) is 8.95. The molecule has 0 spiro atoms. The minimum absolute atomic E-state index is 0.0793. The molecule has 0 aliphatic rings. The fourth-order valence-corrected chi connectivity index (χ4v) is 2.09. The summed E-state index contributed by atoms with van der Waals surface area (Å²) in [5.74, 6) is -0.153. The molecule has 1 aromatic heterocycles. The number of pyridine rings is 1. The van der Waals surface area contributed by atoms with Gasteiger partial charge < -0.3 is 5.32 Å². The molecule has 0 bridgehead atoms. The van der Waals surface area contributed by atoms with Crippen molar-refractivity contribution in [1.82, 2.24) is 10.3 Å². The molecule has 1 heterocycles. The topological polar surface area (TPSA) is 24.9 Å². The molecule has 2 aromatic rings. The van der Waals surface area contributed by atoms with Crippen LogP contribution in [0, 0.1) is 12.7 Å². The third-order valence-electron chi connectivity index (χ3n) is 3.19. The minimum atomic E-state index is -0.153. The molecular weight excluding hydrogens is 227 g/mol. The molecule has 1 aromatic carbocycles. The van der Waals surface area contributed by atoms with Crippen LogP contribution in [0.4, 0.5) is 4.39 Å². The Morgan fingerprint density at radius 3 is 2.72 bits per heavy atom. The molecule has 2 nitrogen and oxygen atoms in total. The fraction of sp³-hybridized carbons (Fsp3) is 0.267. The normalized spacial score (nSPS) is 12.4. The van der Waals surface area contributed by atoms with Crippen LogP contribution in [0.3, 0.4) is 0 Å². The number of halogens is 1. The molecule has 0 saturated carbocycles. The van der Waals surface area contributed by atoms with Crippen LogP contribution >= 0.6 is 0 Å². The summed E-state index contributed by atoms with van der Waals surface area (Å²) in [4.78, 5) is 4.14. The lowest BCUT2D eigenvalue weighted by molar-refractivity contribution is 0.551. The van der Waals surface area contributed by atoms with Gasteiger partial charge in [-0.15, -0.1) is 0 Å². The average Bonchev–Trinajstić information content (AvgIpc) is 2.39. The van der Waals surface area contributed by atoms with Crippen LogP contribution in [-0.4, -0.2) is 12.0 Å². The second-order valence-corrected chi connectivity index (χ2v) is 4.37. The zero-order valence-corrected chi connectivity index (χ0v) is 10.7. The first kappa shape index (κ1) is 12.7. The van der Waals surface area contributed by atoms with E-state index >= 15 is 0 Å². The standard InChI is InChI=1S/C15H17FN2/c1-11-7-8-18-10-13(11)15(17-2)9-12-5-3-4-6-14(12)16/h3-8,10,15,17H,9H2,1-2H3. The average molecular weight is 244 g/mol. The number of benzene rings is 1. The molecule has 1 unspecified atom stereocenters. The van der Waals surface area contributed by atoms with E-state index in [0.717, 1.165) is 11.1 Å². The predicted molar refractivity (Wildman–Crippen MR) is 70.9 cm³/mol. The number of nitrogens with zero attached hydrogens (tertiary/aromatic N) is 1. The first-order valence-electron chi connectivity index (χ1n) is 6.03. The molecule has 0 saturated heterocycles. The van der Waals surface area contributed by atoms with Crippen LogP contribution in [0.25, 0.3) is 0 Å². The number of rotatable bonds is 4. The largest absolute Gasteiger partial charge is 0.313 e. The molecule has 0 amide bonds. The Morgan fingerprint density at radius 1 is 1.28 bits per heavy atom. The van der Waals surface area contributed by atoms with Crippen LogP contribution in [0.2, 0.25) is 0 Å². The highest BCUT2D eigenvalue weighted by Crippen LogP contribution is 2.21. The fourth-order valence-electron chi connectivity index (χ4n) is 2.09. The SMILES string of the molecule is CNC(Cc1ccccc1F)c1cnccc1C. The number of aryl methyl sites for hydroxylation is 1. The summed E-state index contributed by atoms with van der Waals surface area (Å²) in [5, 5.41) is 3.23. The molecule has 0 aliphatic heterocycles. The third kappa shape index (κ3) is 2.74. The van der Waals surface area contributed by atoms with E-state index in [4.69, 9.17) is 0 Å². The maximum atomic E-state index is 13.7. The summed E-state index contributed by atoms with van der Waals surface area (Å²) in [6.45, 7) is 2.04. The lowest BCUT2D eigenvalue weighted by atomic mass is 9.97. The zero-order valence-electron chi connectivity index (χ0n) is 10.7. The quantitative estimate of drug-likeness (QED) is 0.894. The summed E-state index contributed by atoms with van der Waals surface area (Å²) in [6.07, 6.45) is 4.24. The van der Waals surface area contributed by atoms with E-state index in [1.165, 1.54) is 11.6 Å².